The molecule has 0 aromatic heterocycles. The van der Waals surface area contributed by atoms with E-state index in [2.05, 4.69) is 12.2 Å². The molecule has 1 saturated carbocycles. The fraction of sp³-hybridized carbons (Fsp3) is 0.375. The summed E-state index contributed by atoms with van der Waals surface area (Å²) in [6.07, 6.45) is 5.95. The van der Waals surface area contributed by atoms with Gasteiger partial charge >= 0.3 is 0 Å². The zero-order valence-corrected chi connectivity index (χ0v) is 23.7. The van der Waals surface area contributed by atoms with E-state index in [4.69, 9.17) is 23.2 Å². The van der Waals surface area contributed by atoms with E-state index < -0.39 is 6.04 Å². The number of nitrogens with one attached hydrogen (secondary N) is 1. The first-order valence-corrected chi connectivity index (χ1v) is 14.2. The number of nitrogens with zero attached hydrogens (tertiary/aromatic N) is 1. The van der Waals surface area contributed by atoms with Crippen LogP contribution in [0.5, 0.6) is 0 Å². The molecule has 4 nitrogen and oxygen atoms in total. The zero-order valence-electron chi connectivity index (χ0n) is 22.2. The van der Waals surface area contributed by atoms with Crippen LogP contribution in [0.3, 0.4) is 0 Å². The molecule has 0 heterocycles. The SMILES string of the molecule is Cc1ccc(CC(=O)N(Cc2c(Cl)cccc2Cl)[C@@H](Cc2ccccc2)C(=O)NC2CCCCC2)cc1C. The molecular weight excluding hydrogens is 515 g/mol. The number of hydrogen-bond acceptors (Lipinski definition) is 2. The van der Waals surface area contributed by atoms with Crippen molar-refractivity contribution in [3.63, 3.8) is 0 Å². The summed E-state index contributed by atoms with van der Waals surface area (Å²) in [4.78, 5) is 29.6. The van der Waals surface area contributed by atoms with Crippen LogP contribution in [0.2, 0.25) is 10.0 Å². The molecular formula is C32H36Cl2N2O2. The second kappa shape index (κ2) is 13.3. The van der Waals surface area contributed by atoms with Crippen LogP contribution in [0, 0.1) is 13.8 Å². The number of rotatable bonds is 9. The van der Waals surface area contributed by atoms with Crippen LogP contribution < -0.4 is 5.32 Å². The van der Waals surface area contributed by atoms with E-state index in [1.807, 2.05) is 55.5 Å². The van der Waals surface area contributed by atoms with Gasteiger partial charge in [-0.15, -0.1) is 0 Å². The van der Waals surface area contributed by atoms with Crippen LogP contribution in [-0.4, -0.2) is 28.8 Å². The fourth-order valence-electron chi connectivity index (χ4n) is 5.14. The molecule has 3 aromatic carbocycles. The highest BCUT2D eigenvalue weighted by Gasteiger charge is 2.32. The second-order valence-corrected chi connectivity index (χ2v) is 11.2. The molecule has 6 heteroatoms. The monoisotopic (exact) mass is 550 g/mol. The third-order valence-corrected chi connectivity index (χ3v) is 8.25. The van der Waals surface area contributed by atoms with E-state index in [1.54, 1.807) is 23.1 Å². The summed E-state index contributed by atoms with van der Waals surface area (Å²) in [5, 5.41) is 4.23. The molecule has 0 radical (unpaired) electrons. The first-order valence-electron chi connectivity index (χ1n) is 13.4. The Morgan fingerprint density at radius 3 is 2.21 bits per heavy atom. The molecule has 0 spiro atoms. The van der Waals surface area contributed by atoms with E-state index >= 15 is 0 Å². The molecule has 0 saturated heterocycles. The highest BCUT2D eigenvalue weighted by atomic mass is 35.5. The average Bonchev–Trinajstić information content (AvgIpc) is 2.91. The van der Waals surface area contributed by atoms with Crippen molar-refractivity contribution in [3.05, 3.63) is 105 Å². The number of amides is 2. The van der Waals surface area contributed by atoms with Gasteiger partial charge in [0.15, 0.2) is 0 Å². The lowest BCUT2D eigenvalue weighted by molar-refractivity contribution is -0.141. The Bertz CT molecular complexity index is 1240. The van der Waals surface area contributed by atoms with E-state index in [0.717, 1.165) is 42.4 Å². The van der Waals surface area contributed by atoms with Gasteiger partial charge < -0.3 is 10.2 Å². The molecule has 0 unspecified atom stereocenters. The summed E-state index contributed by atoms with van der Waals surface area (Å²) in [7, 11) is 0. The molecule has 4 rings (SSSR count). The van der Waals surface area contributed by atoms with Gasteiger partial charge in [0.25, 0.3) is 0 Å². The standard InChI is InChI=1S/C32H36Cl2N2O2/c1-22-16-17-25(18-23(22)2)20-31(37)36(21-27-28(33)14-9-15-29(27)34)30(19-24-10-5-3-6-11-24)32(38)35-26-12-7-4-8-13-26/h3,5-6,9-11,14-18,26,30H,4,7-8,12-13,19-21H2,1-2H3,(H,35,38)/t30-/m0/s1. The molecule has 3 aromatic rings. The van der Waals surface area contributed by atoms with Crippen LogP contribution in [-0.2, 0) is 29.0 Å². The molecule has 1 atom stereocenters. The molecule has 2 amide bonds. The predicted molar refractivity (Wildman–Crippen MR) is 156 cm³/mol. The Morgan fingerprint density at radius 2 is 1.55 bits per heavy atom. The van der Waals surface area contributed by atoms with Crippen LogP contribution in [0.25, 0.3) is 0 Å². The Hall–Kier alpha value is -2.82. The minimum Gasteiger partial charge on any atom is -0.352 e. The van der Waals surface area contributed by atoms with Gasteiger partial charge in [-0.1, -0.05) is 97.1 Å². The quantitative estimate of drug-likeness (QED) is 0.305. The van der Waals surface area contributed by atoms with Crippen LogP contribution in [0.15, 0.2) is 66.7 Å². The first-order chi connectivity index (χ1) is 18.3. The van der Waals surface area contributed by atoms with Crippen molar-refractivity contribution >= 4 is 35.0 Å². The number of aryl methyl sites for hydroxylation is 2. The normalized spacial score (nSPS) is 14.6. The summed E-state index contributed by atoms with van der Waals surface area (Å²) in [6, 6.07) is 20.7. The minimum atomic E-state index is -0.703. The van der Waals surface area contributed by atoms with Gasteiger partial charge in [-0.05, 0) is 61.1 Å². The Kier molecular flexibility index (Phi) is 9.87. The lowest BCUT2D eigenvalue weighted by Crippen LogP contribution is -2.53. The molecule has 38 heavy (non-hydrogen) atoms. The lowest BCUT2D eigenvalue weighted by Gasteiger charge is -2.34. The average molecular weight is 552 g/mol. The zero-order chi connectivity index (χ0) is 27.1. The van der Waals surface area contributed by atoms with Crippen LogP contribution in [0.4, 0.5) is 0 Å². The van der Waals surface area contributed by atoms with Crippen molar-refractivity contribution in [2.45, 2.75) is 77.4 Å². The number of carbonyl (C=O) groups excluding carboxylic acids is 2. The molecule has 200 valence electrons. The molecule has 0 bridgehead atoms. The maximum Gasteiger partial charge on any atom is 0.243 e. The van der Waals surface area contributed by atoms with Crippen LogP contribution >= 0.6 is 23.2 Å². The Balaban J connectivity index is 1.70. The predicted octanol–water partition coefficient (Wildman–Crippen LogP) is 7.24. The van der Waals surface area contributed by atoms with E-state index in [-0.39, 0.29) is 30.8 Å². The van der Waals surface area contributed by atoms with Gasteiger partial charge in [0, 0.05) is 34.6 Å². The minimum absolute atomic E-state index is 0.127. The van der Waals surface area contributed by atoms with Crippen molar-refractivity contribution in [1.82, 2.24) is 10.2 Å². The Morgan fingerprint density at radius 1 is 0.868 bits per heavy atom. The third kappa shape index (κ3) is 7.39. The van der Waals surface area contributed by atoms with Gasteiger partial charge in [-0.25, -0.2) is 0 Å². The van der Waals surface area contributed by atoms with Gasteiger partial charge in [0.1, 0.15) is 6.04 Å². The van der Waals surface area contributed by atoms with Gasteiger partial charge in [-0.3, -0.25) is 9.59 Å². The van der Waals surface area contributed by atoms with E-state index in [0.29, 0.717) is 22.0 Å². The summed E-state index contributed by atoms with van der Waals surface area (Å²) in [6.45, 7) is 4.25. The van der Waals surface area contributed by atoms with Crippen LogP contribution in [0.1, 0.15) is 59.9 Å². The van der Waals surface area contributed by atoms with Crippen molar-refractivity contribution in [2.24, 2.45) is 0 Å². The highest BCUT2D eigenvalue weighted by Crippen LogP contribution is 2.28. The van der Waals surface area contributed by atoms with Crippen molar-refractivity contribution < 1.29 is 9.59 Å². The summed E-state index contributed by atoms with van der Waals surface area (Å²) in [5.41, 5.74) is 4.86. The molecule has 0 aliphatic heterocycles. The maximum atomic E-state index is 14.0. The maximum absolute atomic E-state index is 14.0. The molecule has 1 N–H and O–H groups in total. The summed E-state index contributed by atoms with van der Waals surface area (Å²) < 4.78 is 0. The largest absolute Gasteiger partial charge is 0.352 e. The third-order valence-electron chi connectivity index (χ3n) is 7.54. The van der Waals surface area contributed by atoms with Crippen molar-refractivity contribution in [3.8, 4) is 0 Å². The molecule has 1 fully saturated rings. The number of halogens is 2. The first kappa shape index (κ1) is 28.2. The smallest absolute Gasteiger partial charge is 0.243 e. The fourth-order valence-corrected chi connectivity index (χ4v) is 5.66. The lowest BCUT2D eigenvalue weighted by atomic mass is 9.94. The van der Waals surface area contributed by atoms with Crippen molar-refractivity contribution in [2.75, 3.05) is 0 Å². The van der Waals surface area contributed by atoms with Gasteiger partial charge in [-0.2, -0.15) is 0 Å². The van der Waals surface area contributed by atoms with E-state index in [9.17, 15) is 9.59 Å². The van der Waals surface area contributed by atoms with E-state index in [1.165, 1.54) is 12.0 Å². The number of hydrogen-bond donors (Lipinski definition) is 1. The summed E-state index contributed by atoms with van der Waals surface area (Å²) in [5.74, 6) is -0.263. The molecule has 1 aliphatic carbocycles. The Labute approximate surface area is 236 Å². The summed E-state index contributed by atoms with van der Waals surface area (Å²) >= 11 is 13.1. The van der Waals surface area contributed by atoms with Gasteiger partial charge in [0.05, 0.1) is 6.42 Å². The molecule has 1 aliphatic rings. The van der Waals surface area contributed by atoms with Crippen molar-refractivity contribution in [1.29, 1.82) is 0 Å². The number of benzene rings is 3. The number of carbonyl (C=O) groups is 2. The second-order valence-electron chi connectivity index (χ2n) is 10.4. The highest BCUT2D eigenvalue weighted by molar-refractivity contribution is 6.36. The van der Waals surface area contributed by atoms with Gasteiger partial charge in [0.2, 0.25) is 11.8 Å². The topological polar surface area (TPSA) is 49.4 Å².